The van der Waals surface area contributed by atoms with Crippen LogP contribution in [0.4, 0.5) is 0 Å². The molecule has 0 saturated heterocycles. The van der Waals surface area contributed by atoms with Crippen molar-refractivity contribution in [3.8, 4) is 5.75 Å². The summed E-state index contributed by atoms with van der Waals surface area (Å²) in [6.45, 7) is 9.99. The molecule has 1 aliphatic carbocycles. The maximum Gasteiger partial charge on any atom is 0.119 e. The van der Waals surface area contributed by atoms with Gasteiger partial charge in [0.15, 0.2) is 0 Å². The van der Waals surface area contributed by atoms with E-state index in [1.807, 2.05) is 0 Å². The average molecular weight is 277 g/mol. The second-order valence-corrected chi connectivity index (χ2v) is 6.42. The van der Waals surface area contributed by atoms with Crippen LogP contribution in [0.3, 0.4) is 0 Å². The highest BCUT2D eigenvalue weighted by molar-refractivity contribution is 5.29. The van der Waals surface area contributed by atoms with Crippen molar-refractivity contribution in [3.63, 3.8) is 0 Å². The Balaban J connectivity index is 1.96. The zero-order chi connectivity index (χ0) is 14.6. The van der Waals surface area contributed by atoms with E-state index in [1.54, 1.807) is 0 Å². The van der Waals surface area contributed by atoms with Gasteiger partial charge in [-0.25, -0.2) is 0 Å². The average Bonchev–Trinajstić information content (AvgIpc) is 3.18. The number of likely N-dealkylation sites (N-methyl/N-ethyl adjacent to an activating group) is 1. The van der Waals surface area contributed by atoms with Gasteiger partial charge >= 0.3 is 0 Å². The first-order valence-corrected chi connectivity index (χ1v) is 7.62. The van der Waals surface area contributed by atoms with Gasteiger partial charge in [-0.1, -0.05) is 19.1 Å². The number of hydrogen-bond acceptors (Lipinski definition) is 3. The van der Waals surface area contributed by atoms with Gasteiger partial charge in [0.05, 0.1) is 24.4 Å². The van der Waals surface area contributed by atoms with Crippen LogP contribution >= 0.6 is 0 Å². The van der Waals surface area contributed by atoms with Crippen LogP contribution in [0.15, 0.2) is 24.3 Å². The SMILES string of the molecule is CCNC(COC(C)(C)C)c1ccc(OC2CC2)cc1. The molecule has 112 valence electrons. The van der Waals surface area contributed by atoms with Gasteiger partial charge in [0.2, 0.25) is 0 Å². The van der Waals surface area contributed by atoms with E-state index in [4.69, 9.17) is 9.47 Å². The van der Waals surface area contributed by atoms with Crippen molar-refractivity contribution in [3.05, 3.63) is 29.8 Å². The Morgan fingerprint density at radius 3 is 2.35 bits per heavy atom. The Morgan fingerprint density at radius 1 is 1.20 bits per heavy atom. The molecule has 0 heterocycles. The molecule has 1 N–H and O–H groups in total. The standard InChI is InChI=1S/C17H27NO2/c1-5-18-16(12-19-17(2,3)4)13-6-8-14(9-7-13)20-15-10-11-15/h6-9,15-16,18H,5,10-12H2,1-4H3. The second-order valence-electron chi connectivity index (χ2n) is 6.42. The maximum absolute atomic E-state index is 5.91. The predicted octanol–water partition coefficient (Wildman–Crippen LogP) is 3.69. The molecule has 1 aromatic carbocycles. The van der Waals surface area contributed by atoms with Gasteiger partial charge in [-0.15, -0.1) is 0 Å². The smallest absolute Gasteiger partial charge is 0.119 e. The summed E-state index contributed by atoms with van der Waals surface area (Å²) in [5.74, 6) is 0.975. The predicted molar refractivity (Wildman–Crippen MR) is 82.2 cm³/mol. The van der Waals surface area contributed by atoms with Gasteiger partial charge in [0, 0.05) is 0 Å². The molecule has 0 bridgehead atoms. The lowest BCUT2D eigenvalue weighted by molar-refractivity contribution is -0.0146. The molecule has 1 atom stereocenters. The molecule has 0 radical (unpaired) electrons. The molecule has 1 unspecified atom stereocenters. The van der Waals surface area contributed by atoms with Crippen LogP contribution in [0, 0.1) is 0 Å². The zero-order valence-corrected chi connectivity index (χ0v) is 13.1. The van der Waals surface area contributed by atoms with Crippen molar-refractivity contribution >= 4 is 0 Å². The van der Waals surface area contributed by atoms with Crippen LogP contribution in [0.2, 0.25) is 0 Å². The Hall–Kier alpha value is -1.06. The molecular formula is C17H27NO2. The van der Waals surface area contributed by atoms with E-state index < -0.39 is 0 Å². The van der Waals surface area contributed by atoms with Crippen LogP contribution in [-0.2, 0) is 4.74 Å². The summed E-state index contributed by atoms with van der Waals surface area (Å²) >= 11 is 0. The van der Waals surface area contributed by atoms with Crippen molar-refractivity contribution in [2.45, 2.75) is 58.3 Å². The molecule has 2 rings (SSSR count). The molecule has 0 spiro atoms. The third-order valence-electron chi connectivity index (χ3n) is 3.24. The molecule has 3 nitrogen and oxygen atoms in total. The van der Waals surface area contributed by atoms with E-state index in [0.29, 0.717) is 12.7 Å². The summed E-state index contributed by atoms with van der Waals surface area (Å²) in [5.41, 5.74) is 1.14. The molecule has 1 aliphatic rings. The Labute approximate surface area is 122 Å². The fraction of sp³-hybridized carbons (Fsp3) is 0.647. The normalized spacial score (nSPS) is 17.0. The van der Waals surface area contributed by atoms with Gasteiger partial charge in [0.25, 0.3) is 0 Å². The van der Waals surface area contributed by atoms with E-state index in [1.165, 1.54) is 18.4 Å². The first kappa shape index (κ1) is 15.3. The fourth-order valence-electron chi connectivity index (χ4n) is 2.01. The highest BCUT2D eigenvalue weighted by Crippen LogP contribution is 2.27. The molecule has 0 amide bonds. The summed E-state index contributed by atoms with van der Waals surface area (Å²) in [5, 5.41) is 3.48. The first-order valence-electron chi connectivity index (χ1n) is 7.62. The lowest BCUT2D eigenvalue weighted by atomic mass is 10.1. The number of benzene rings is 1. The molecule has 20 heavy (non-hydrogen) atoms. The van der Waals surface area contributed by atoms with Crippen LogP contribution in [0.5, 0.6) is 5.75 Å². The van der Waals surface area contributed by atoms with Gasteiger partial charge in [-0.2, -0.15) is 0 Å². The van der Waals surface area contributed by atoms with Crippen molar-refractivity contribution in [1.82, 2.24) is 5.32 Å². The quantitative estimate of drug-likeness (QED) is 0.824. The van der Waals surface area contributed by atoms with Gasteiger partial charge < -0.3 is 14.8 Å². The van der Waals surface area contributed by atoms with E-state index in [9.17, 15) is 0 Å². The van der Waals surface area contributed by atoms with E-state index in [0.717, 1.165) is 12.3 Å². The van der Waals surface area contributed by atoms with Crippen LogP contribution in [0.25, 0.3) is 0 Å². The summed E-state index contributed by atoms with van der Waals surface area (Å²) in [6.07, 6.45) is 2.84. The minimum absolute atomic E-state index is 0.108. The van der Waals surface area contributed by atoms with E-state index in [-0.39, 0.29) is 11.6 Å². The minimum atomic E-state index is -0.108. The summed E-state index contributed by atoms with van der Waals surface area (Å²) < 4.78 is 11.7. The molecule has 1 saturated carbocycles. The first-order chi connectivity index (χ1) is 9.48. The van der Waals surface area contributed by atoms with Crippen molar-refractivity contribution in [2.75, 3.05) is 13.2 Å². The number of ether oxygens (including phenoxy) is 2. The summed E-state index contributed by atoms with van der Waals surface area (Å²) in [4.78, 5) is 0. The van der Waals surface area contributed by atoms with Crippen molar-refractivity contribution < 1.29 is 9.47 Å². The number of nitrogens with one attached hydrogen (secondary N) is 1. The van der Waals surface area contributed by atoms with Gasteiger partial charge in [-0.05, 0) is 57.9 Å². The van der Waals surface area contributed by atoms with Crippen LogP contribution < -0.4 is 10.1 Å². The molecular weight excluding hydrogens is 250 g/mol. The highest BCUT2D eigenvalue weighted by atomic mass is 16.5. The Kier molecular flexibility index (Phi) is 5.06. The molecule has 1 fully saturated rings. The lowest BCUT2D eigenvalue weighted by Gasteiger charge is -2.25. The Bertz CT molecular complexity index is 404. The maximum atomic E-state index is 5.91. The highest BCUT2D eigenvalue weighted by Gasteiger charge is 2.23. The molecule has 0 aliphatic heterocycles. The lowest BCUT2D eigenvalue weighted by Crippen LogP contribution is -2.30. The minimum Gasteiger partial charge on any atom is -0.490 e. The third-order valence-corrected chi connectivity index (χ3v) is 3.24. The van der Waals surface area contributed by atoms with Gasteiger partial charge in [0.1, 0.15) is 5.75 Å². The monoisotopic (exact) mass is 277 g/mol. The van der Waals surface area contributed by atoms with Crippen LogP contribution in [0.1, 0.15) is 52.1 Å². The molecule has 0 aromatic heterocycles. The summed E-state index contributed by atoms with van der Waals surface area (Å²) in [6, 6.07) is 8.63. The molecule has 3 heteroatoms. The summed E-state index contributed by atoms with van der Waals surface area (Å²) in [7, 11) is 0. The van der Waals surface area contributed by atoms with Gasteiger partial charge in [-0.3, -0.25) is 0 Å². The largest absolute Gasteiger partial charge is 0.490 e. The van der Waals surface area contributed by atoms with Crippen molar-refractivity contribution in [2.24, 2.45) is 0 Å². The van der Waals surface area contributed by atoms with E-state index >= 15 is 0 Å². The fourth-order valence-corrected chi connectivity index (χ4v) is 2.01. The molecule has 1 aromatic rings. The third kappa shape index (κ3) is 5.14. The zero-order valence-electron chi connectivity index (χ0n) is 13.1. The van der Waals surface area contributed by atoms with E-state index in [2.05, 4.69) is 57.3 Å². The Morgan fingerprint density at radius 2 is 1.85 bits per heavy atom. The number of hydrogen-bond donors (Lipinski definition) is 1. The van der Waals surface area contributed by atoms with Crippen LogP contribution in [-0.4, -0.2) is 24.9 Å². The topological polar surface area (TPSA) is 30.5 Å². The second kappa shape index (κ2) is 6.59. The number of rotatable bonds is 7. The van der Waals surface area contributed by atoms with Crippen molar-refractivity contribution in [1.29, 1.82) is 0 Å².